The standard InChI is InChI=1S/C20H21NO3/c22-20(21-17-13-24-18-10-11-23-19(17)18)16-9-5-4-8-15(16)12-14-6-2-1-3-7-14/h1-9,17-19H,10-13H2,(H,21,22)/t17-,18+,19+/m0/s1. The van der Waals surface area contributed by atoms with Crippen molar-refractivity contribution < 1.29 is 14.3 Å². The number of hydrogen-bond acceptors (Lipinski definition) is 3. The van der Waals surface area contributed by atoms with Gasteiger partial charge >= 0.3 is 0 Å². The van der Waals surface area contributed by atoms with Crippen LogP contribution < -0.4 is 5.32 Å². The first kappa shape index (κ1) is 15.4. The van der Waals surface area contributed by atoms with Crippen LogP contribution in [0.2, 0.25) is 0 Å². The Hall–Kier alpha value is -2.17. The molecule has 2 fully saturated rings. The van der Waals surface area contributed by atoms with E-state index in [0.717, 1.165) is 24.0 Å². The first-order valence-electron chi connectivity index (χ1n) is 8.47. The van der Waals surface area contributed by atoms with Crippen molar-refractivity contribution in [3.05, 3.63) is 71.3 Å². The molecule has 0 unspecified atom stereocenters. The number of rotatable bonds is 4. The maximum Gasteiger partial charge on any atom is 0.251 e. The molecule has 4 heteroatoms. The van der Waals surface area contributed by atoms with Crippen molar-refractivity contribution in [1.29, 1.82) is 0 Å². The molecular weight excluding hydrogens is 302 g/mol. The van der Waals surface area contributed by atoms with Gasteiger partial charge in [-0.2, -0.15) is 0 Å². The number of carbonyl (C=O) groups excluding carboxylic acids is 1. The molecule has 0 aliphatic carbocycles. The Labute approximate surface area is 141 Å². The summed E-state index contributed by atoms with van der Waals surface area (Å²) < 4.78 is 11.4. The molecular formula is C20H21NO3. The van der Waals surface area contributed by atoms with E-state index >= 15 is 0 Å². The van der Waals surface area contributed by atoms with Crippen molar-refractivity contribution in [1.82, 2.24) is 5.32 Å². The predicted octanol–water partition coefficient (Wildman–Crippen LogP) is 2.56. The molecule has 0 radical (unpaired) electrons. The van der Waals surface area contributed by atoms with Gasteiger partial charge in [0.05, 0.1) is 18.8 Å². The number of hydrogen-bond donors (Lipinski definition) is 1. The molecule has 2 aromatic carbocycles. The van der Waals surface area contributed by atoms with Crippen LogP contribution in [-0.4, -0.2) is 37.4 Å². The Morgan fingerprint density at radius 1 is 1.04 bits per heavy atom. The average Bonchev–Trinajstić information content (AvgIpc) is 3.21. The fourth-order valence-corrected chi connectivity index (χ4v) is 3.55. The van der Waals surface area contributed by atoms with Crippen LogP contribution in [0.1, 0.15) is 27.9 Å². The van der Waals surface area contributed by atoms with Gasteiger partial charge in [0.2, 0.25) is 0 Å². The molecule has 2 heterocycles. The Balaban J connectivity index is 1.50. The minimum atomic E-state index is -0.0604. The van der Waals surface area contributed by atoms with E-state index in [0.29, 0.717) is 13.2 Å². The summed E-state index contributed by atoms with van der Waals surface area (Å²) >= 11 is 0. The molecule has 0 bridgehead atoms. The van der Waals surface area contributed by atoms with E-state index in [2.05, 4.69) is 17.4 Å². The molecule has 24 heavy (non-hydrogen) atoms. The fourth-order valence-electron chi connectivity index (χ4n) is 3.55. The number of ether oxygens (including phenoxy) is 2. The van der Waals surface area contributed by atoms with Gasteiger partial charge in [-0.25, -0.2) is 0 Å². The monoisotopic (exact) mass is 323 g/mol. The molecule has 2 saturated heterocycles. The van der Waals surface area contributed by atoms with Gasteiger partial charge in [0.1, 0.15) is 6.10 Å². The van der Waals surface area contributed by atoms with Gasteiger partial charge < -0.3 is 14.8 Å². The summed E-state index contributed by atoms with van der Waals surface area (Å²) in [4.78, 5) is 12.8. The molecule has 1 N–H and O–H groups in total. The van der Waals surface area contributed by atoms with Crippen LogP contribution in [0.5, 0.6) is 0 Å². The van der Waals surface area contributed by atoms with E-state index in [-0.39, 0.29) is 24.2 Å². The van der Waals surface area contributed by atoms with Crippen molar-refractivity contribution in [2.24, 2.45) is 0 Å². The quantitative estimate of drug-likeness (QED) is 0.941. The maximum absolute atomic E-state index is 12.8. The molecule has 0 spiro atoms. The lowest BCUT2D eigenvalue weighted by molar-refractivity contribution is 0.0656. The summed E-state index contributed by atoms with van der Waals surface area (Å²) in [7, 11) is 0. The lowest BCUT2D eigenvalue weighted by atomic mass is 9.99. The van der Waals surface area contributed by atoms with Crippen LogP contribution in [0.25, 0.3) is 0 Å². The zero-order chi connectivity index (χ0) is 16.4. The van der Waals surface area contributed by atoms with Gasteiger partial charge in [0.25, 0.3) is 5.91 Å². The lowest BCUT2D eigenvalue weighted by Gasteiger charge is -2.18. The summed E-state index contributed by atoms with van der Waals surface area (Å²) in [6.45, 7) is 1.24. The second-order valence-corrected chi connectivity index (χ2v) is 6.40. The van der Waals surface area contributed by atoms with E-state index in [1.165, 1.54) is 5.56 Å². The second kappa shape index (κ2) is 6.75. The largest absolute Gasteiger partial charge is 0.373 e. The predicted molar refractivity (Wildman–Crippen MR) is 91.0 cm³/mol. The highest BCUT2D eigenvalue weighted by Crippen LogP contribution is 2.26. The third-order valence-corrected chi connectivity index (χ3v) is 4.78. The fraction of sp³-hybridized carbons (Fsp3) is 0.350. The molecule has 4 rings (SSSR count). The highest BCUT2D eigenvalue weighted by molar-refractivity contribution is 5.96. The SMILES string of the molecule is O=C(N[C@H]1CO[C@@H]2CCO[C@H]12)c1ccccc1Cc1ccccc1. The summed E-state index contributed by atoms with van der Waals surface area (Å²) in [6.07, 6.45) is 1.79. The number of fused-ring (bicyclic) bond motifs is 1. The van der Waals surface area contributed by atoms with Crippen molar-refractivity contribution in [3.63, 3.8) is 0 Å². The summed E-state index contributed by atoms with van der Waals surface area (Å²) in [5.74, 6) is -0.0497. The van der Waals surface area contributed by atoms with Gasteiger partial charge in [-0.1, -0.05) is 48.5 Å². The van der Waals surface area contributed by atoms with Crippen LogP contribution in [0.4, 0.5) is 0 Å². The molecule has 0 saturated carbocycles. The first-order valence-corrected chi connectivity index (χ1v) is 8.47. The smallest absolute Gasteiger partial charge is 0.251 e. The highest BCUT2D eigenvalue weighted by Gasteiger charge is 2.42. The molecule has 0 aromatic heterocycles. The average molecular weight is 323 g/mol. The molecule has 2 aliphatic heterocycles. The Kier molecular flexibility index (Phi) is 4.32. The van der Waals surface area contributed by atoms with E-state index in [1.54, 1.807) is 0 Å². The normalized spacial score (nSPS) is 25.4. The van der Waals surface area contributed by atoms with Crippen molar-refractivity contribution in [3.8, 4) is 0 Å². The zero-order valence-corrected chi connectivity index (χ0v) is 13.5. The molecule has 124 valence electrons. The molecule has 2 aliphatic rings. The number of benzene rings is 2. The van der Waals surface area contributed by atoms with E-state index in [9.17, 15) is 4.79 Å². The number of amides is 1. The van der Waals surface area contributed by atoms with Crippen LogP contribution in [0, 0.1) is 0 Å². The minimum absolute atomic E-state index is 0.00441. The van der Waals surface area contributed by atoms with E-state index in [1.807, 2.05) is 42.5 Å². The van der Waals surface area contributed by atoms with Gasteiger partial charge in [-0.05, 0) is 30.0 Å². The van der Waals surface area contributed by atoms with E-state index in [4.69, 9.17) is 9.47 Å². The van der Waals surface area contributed by atoms with Crippen LogP contribution in [-0.2, 0) is 15.9 Å². The summed E-state index contributed by atoms with van der Waals surface area (Å²) in [5.41, 5.74) is 2.95. The topological polar surface area (TPSA) is 47.6 Å². The Morgan fingerprint density at radius 2 is 1.83 bits per heavy atom. The number of nitrogens with one attached hydrogen (secondary N) is 1. The maximum atomic E-state index is 12.8. The van der Waals surface area contributed by atoms with Gasteiger partial charge in [-0.3, -0.25) is 4.79 Å². The molecule has 2 aromatic rings. The first-order chi connectivity index (χ1) is 11.8. The third kappa shape index (κ3) is 3.07. The van der Waals surface area contributed by atoms with Gasteiger partial charge in [-0.15, -0.1) is 0 Å². The lowest BCUT2D eigenvalue weighted by Crippen LogP contribution is -2.44. The Morgan fingerprint density at radius 3 is 2.71 bits per heavy atom. The van der Waals surface area contributed by atoms with Crippen LogP contribution in [0.15, 0.2) is 54.6 Å². The zero-order valence-electron chi connectivity index (χ0n) is 13.5. The summed E-state index contributed by atoms with van der Waals surface area (Å²) in [5, 5.41) is 3.10. The van der Waals surface area contributed by atoms with Crippen LogP contribution in [0.3, 0.4) is 0 Å². The minimum Gasteiger partial charge on any atom is -0.373 e. The second-order valence-electron chi connectivity index (χ2n) is 6.40. The third-order valence-electron chi connectivity index (χ3n) is 4.78. The van der Waals surface area contributed by atoms with Crippen molar-refractivity contribution in [2.45, 2.75) is 31.1 Å². The molecule has 4 nitrogen and oxygen atoms in total. The molecule has 3 atom stereocenters. The van der Waals surface area contributed by atoms with Gasteiger partial charge in [0, 0.05) is 12.2 Å². The van der Waals surface area contributed by atoms with Crippen LogP contribution >= 0.6 is 0 Å². The van der Waals surface area contributed by atoms with Crippen molar-refractivity contribution in [2.75, 3.05) is 13.2 Å². The Bertz CT molecular complexity index is 716. The van der Waals surface area contributed by atoms with Gasteiger partial charge in [0.15, 0.2) is 0 Å². The summed E-state index contributed by atoms with van der Waals surface area (Å²) in [6, 6.07) is 17.9. The van der Waals surface area contributed by atoms with Crippen molar-refractivity contribution >= 4 is 5.91 Å². The van der Waals surface area contributed by atoms with E-state index < -0.39 is 0 Å². The highest BCUT2D eigenvalue weighted by atomic mass is 16.6. The number of carbonyl (C=O) groups is 1. The molecule has 1 amide bonds.